The molecule has 0 aromatic heterocycles. The molecule has 15 heavy (non-hydrogen) atoms. The minimum atomic E-state index is 0.190. The van der Waals surface area contributed by atoms with E-state index in [-0.39, 0.29) is 5.91 Å². The third-order valence-electron chi connectivity index (χ3n) is 3.22. The number of likely N-dealkylation sites (N-methyl/N-ethyl adjacent to an activating group) is 1. The van der Waals surface area contributed by atoms with Gasteiger partial charge in [-0.3, -0.25) is 4.79 Å². The van der Waals surface area contributed by atoms with Crippen LogP contribution in [0.5, 0.6) is 0 Å². The van der Waals surface area contributed by atoms with Gasteiger partial charge in [-0.1, -0.05) is 24.3 Å². The van der Waals surface area contributed by atoms with Crippen LogP contribution in [0.15, 0.2) is 24.3 Å². The number of nitrogens with zero attached hydrogens (tertiary/aromatic N) is 1. The molecule has 2 heteroatoms. The van der Waals surface area contributed by atoms with Gasteiger partial charge in [0.1, 0.15) is 0 Å². The van der Waals surface area contributed by atoms with Gasteiger partial charge in [-0.05, 0) is 30.9 Å². The Hall–Kier alpha value is -1.31. The molecule has 1 aliphatic carbocycles. The van der Waals surface area contributed by atoms with Crippen molar-refractivity contribution in [3.63, 3.8) is 0 Å². The Kier molecular flexibility index (Phi) is 2.76. The number of hydrogen-bond acceptors (Lipinski definition) is 1. The summed E-state index contributed by atoms with van der Waals surface area (Å²) >= 11 is 0. The van der Waals surface area contributed by atoms with Crippen molar-refractivity contribution in [2.75, 3.05) is 6.54 Å². The quantitative estimate of drug-likeness (QED) is 0.720. The van der Waals surface area contributed by atoms with Crippen molar-refractivity contribution >= 4 is 5.91 Å². The second-order valence-corrected chi connectivity index (χ2v) is 4.14. The smallest absolute Gasteiger partial charge is 0.219 e. The first kappa shape index (κ1) is 10.2. The predicted molar refractivity (Wildman–Crippen MR) is 60.7 cm³/mol. The molecule has 0 fully saturated rings. The zero-order chi connectivity index (χ0) is 10.8. The Morgan fingerprint density at radius 3 is 2.27 bits per heavy atom. The standard InChI is InChI=1S/C13H17NO/c1-3-14(10(2)15)13-8-11-6-4-5-7-12(11)9-13/h4-7,13H,3,8-9H2,1-2H3. The van der Waals surface area contributed by atoms with Crippen LogP contribution in [0.25, 0.3) is 0 Å². The maximum absolute atomic E-state index is 11.4. The zero-order valence-corrected chi connectivity index (χ0v) is 9.36. The second kappa shape index (κ2) is 4.05. The second-order valence-electron chi connectivity index (χ2n) is 4.14. The molecule has 0 aliphatic heterocycles. The van der Waals surface area contributed by atoms with Crippen LogP contribution >= 0.6 is 0 Å². The summed E-state index contributed by atoms with van der Waals surface area (Å²) in [6, 6.07) is 8.87. The van der Waals surface area contributed by atoms with Crippen LogP contribution in [0.3, 0.4) is 0 Å². The first-order chi connectivity index (χ1) is 7.22. The molecular formula is C13H17NO. The maximum atomic E-state index is 11.4. The van der Waals surface area contributed by atoms with Crippen LogP contribution in [0, 0.1) is 0 Å². The summed E-state index contributed by atoms with van der Waals surface area (Å²) in [5.41, 5.74) is 2.81. The van der Waals surface area contributed by atoms with Crippen LogP contribution in [0.1, 0.15) is 25.0 Å². The molecule has 0 atom stereocenters. The minimum absolute atomic E-state index is 0.190. The highest BCUT2D eigenvalue weighted by atomic mass is 16.2. The summed E-state index contributed by atoms with van der Waals surface area (Å²) in [5, 5.41) is 0. The molecule has 0 saturated heterocycles. The largest absolute Gasteiger partial charge is 0.340 e. The van der Waals surface area contributed by atoms with E-state index < -0.39 is 0 Å². The number of carbonyl (C=O) groups is 1. The van der Waals surface area contributed by atoms with Gasteiger partial charge in [0.05, 0.1) is 0 Å². The van der Waals surface area contributed by atoms with Crippen LogP contribution in [-0.2, 0) is 17.6 Å². The van der Waals surface area contributed by atoms with Crippen molar-refractivity contribution in [2.45, 2.75) is 32.7 Å². The highest BCUT2D eigenvalue weighted by Crippen LogP contribution is 2.25. The van der Waals surface area contributed by atoms with E-state index in [2.05, 4.69) is 24.3 Å². The monoisotopic (exact) mass is 203 g/mol. The van der Waals surface area contributed by atoms with E-state index in [0.717, 1.165) is 19.4 Å². The van der Waals surface area contributed by atoms with Crippen molar-refractivity contribution < 1.29 is 4.79 Å². The zero-order valence-electron chi connectivity index (χ0n) is 9.36. The summed E-state index contributed by atoms with van der Waals surface area (Å²) in [7, 11) is 0. The Morgan fingerprint density at radius 2 is 1.87 bits per heavy atom. The summed E-state index contributed by atoms with van der Waals surface area (Å²) in [5.74, 6) is 0.190. The lowest BCUT2D eigenvalue weighted by Gasteiger charge is -2.26. The highest BCUT2D eigenvalue weighted by molar-refractivity contribution is 5.73. The van der Waals surface area contributed by atoms with E-state index in [9.17, 15) is 4.79 Å². The molecule has 0 heterocycles. The number of amides is 1. The molecule has 0 N–H and O–H groups in total. The Balaban J connectivity index is 2.15. The summed E-state index contributed by atoms with van der Waals surface area (Å²) in [4.78, 5) is 13.4. The molecule has 2 rings (SSSR count). The van der Waals surface area contributed by atoms with E-state index >= 15 is 0 Å². The third kappa shape index (κ3) is 1.89. The Labute approximate surface area is 90.9 Å². The van der Waals surface area contributed by atoms with Crippen molar-refractivity contribution in [1.82, 2.24) is 4.90 Å². The lowest BCUT2D eigenvalue weighted by Crippen LogP contribution is -2.39. The SMILES string of the molecule is CCN(C(C)=O)C1Cc2ccccc2C1. The molecule has 1 aromatic rings. The summed E-state index contributed by atoms with van der Waals surface area (Å²) in [6.45, 7) is 4.52. The molecule has 80 valence electrons. The minimum Gasteiger partial charge on any atom is -0.340 e. The van der Waals surface area contributed by atoms with E-state index in [4.69, 9.17) is 0 Å². The van der Waals surface area contributed by atoms with Gasteiger partial charge in [0, 0.05) is 19.5 Å². The fourth-order valence-electron chi connectivity index (χ4n) is 2.49. The number of rotatable bonds is 2. The summed E-state index contributed by atoms with van der Waals surface area (Å²) < 4.78 is 0. The van der Waals surface area contributed by atoms with E-state index in [1.54, 1.807) is 6.92 Å². The molecule has 2 nitrogen and oxygen atoms in total. The Bertz CT molecular complexity index is 348. The van der Waals surface area contributed by atoms with Gasteiger partial charge < -0.3 is 4.90 Å². The Morgan fingerprint density at radius 1 is 1.33 bits per heavy atom. The van der Waals surface area contributed by atoms with Crippen molar-refractivity contribution in [2.24, 2.45) is 0 Å². The highest BCUT2D eigenvalue weighted by Gasteiger charge is 2.26. The van der Waals surface area contributed by atoms with Crippen LogP contribution in [-0.4, -0.2) is 23.4 Å². The van der Waals surface area contributed by atoms with Gasteiger partial charge in [-0.2, -0.15) is 0 Å². The maximum Gasteiger partial charge on any atom is 0.219 e. The lowest BCUT2D eigenvalue weighted by molar-refractivity contribution is -0.130. The van der Waals surface area contributed by atoms with Gasteiger partial charge in [0.15, 0.2) is 0 Å². The fourth-order valence-corrected chi connectivity index (χ4v) is 2.49. The molecule has 1 aromatic carbocycles. The number of hydrogen-bond donors (Lipinski definition) is 0. The average molecular weight is 203 g/mol. The molecule has 1 aliphatic rings. The lowest BCUT2D eigenvalue weighted by atomic mass is 10.1. The van der Waals surface area contributed by atoms with Gasteiger partial charge in [-0.25, -0.2) is 0 Å². The van der Waals surface area contributed by atoms with E-state index in [1.807, 2.05) is 11.8 Å². The number of fused-ring (bicyclic) bond motifs is 1. The van der Waals surface area contributed by atoms with Crippen molar-refractivity contribution in [3.05, 3.63) is 35.4 Å². The molecule has 0 spiro atoms. The molecule has 0 radical (unpaired) electrons. The molecule has 0 saturated carbocycles. The van der Waals surface area contributed by atoms with Crippen molar-refractivity contribution in [3.8, 4) is 0 Å². The van der Waals surface area contributed by atoms with E-state index in [1.165, 1.54) is 11.1 Å². The average Bonchev–Trinajstić information content (AvgIpc) is 2.61. The topological polar surface area (TPSA) is 20.3 Å². The van der Waals surface area contributed by atoms with Gasteiger partial charge in [0.2, 0.25) is 5.91 Å². The van der Waals surface area contributed by atoms with Gasteiger partial charge >= 0.3 is 0 Å². The predicted octanol–water partition coefficient (Wildman–Crippen LogP) is 2.02. The van der Waals surface area contributed by atoms with E-state index in [0.29, 0.717) is 6.04 Å². The van der Waals surface area contributed by atoms with Crippen molar-refractivity contribution in [1.29, 1.82) is 0 Å². The molecule has 1 amide bonds. The van der Waals surface area contributed by atoms with Crippen LogP contribution in [0.2, 0.25) is 0 Å². The van der Waals surface area contributed by atoms with Gasteiger partial charge in [-0.15, -0.1) is 0 Å². The molecule has 0 unspecified atom stereocenters. The van der Waals surface area contributed by atoms with Gasteiger partial charge in [0.25, 0.3) is 0 Å². The normalized spacial score (nSPS) is 15.1. The van der Waals surface area contributed by atoms with Crippen LogP contribution < -0.4 is 0 Å². The summed E-state index contributed by atoms with van der Waals surface area (Å²) in [6.07, 6.45) is 2.03. The first-order valence-corrected chi connectivity index (χ1v) is 5.56. The molecule has 0 bridgehead atoms. The number of benzene rings is 1. The number of carbonyl (C=O) groups excluding carboxylic acids is 1. The first-order valence-electron chi connectivity index (χ1n) is 5.56. The fraction of sp³-hybridized carbons (Fsp3) is 0.462. The molecular weight excluding hydrogens is 186 g/mol. The van der Waals surface area contributed by atoms with Crippen LogP contribution in [0.4, 0.5) is 0 Å². The third-order valence-corrected chi connectivity index (χ3v) is 3.22.